The highest BCUT2D eigenvalue weighted by atomic mass is 16.5. The average Bonchev–Trinajstić information content (AvgIpc) is 2.21. The lowest BCUT2D eigenvalue weighted by Gasteiger charge is -2.02. The maximum Gasteiger partial charge on any atom is 0.412 e. The zero-order valence-corrected chi connectivity index (χ0v) is 8.70. The van der Waals surface area contributed by atoms with Gasteiger partial charge in [-0.1, -0.05) is 12.1 Å². The Kier molecular flexibility index (Phi) is 6.15. The minimum atomic E-state index is -0.444. The summed E-state index contributed by atoms with van der Waals surface area (Å²) in [6.07, 6.45) is -0.444. The first-order valence-electron chi connectivity index (χ1n) is 4.26. The summed E-state index contributed by atoms with van der Waals surface area (Å²) in [5.41, 5.74) is 5.57. The van der Waals surface area contributed by atoms with Crippen LogP contribution in [0.15, 0.2) is 24.3 Å². The van der Waals surface area contributed by atoms with Crippen LogP contribution in [-0.2, 0) is 0 Å². The van der Waals surface area contributed by atoms with E-state index in [-0.39, 0.29) is 0 Å². The highest BCUT2D eigenvalue weighted by Crippen LogP contribution is 2.11. The summed E-state index contributed by atoms with van der Waals surface area (Å²) in [6.45, 7) is 1.94. The Morgan fingerprint density at radius 2 is 2.07 bits per heavy atom. The van der Waals surface area contributed by atoms with Crippen LogP contribution in [0.5, 0.6) is 5.75 Å². The third kappa shape index (κ3) is 4.47. The molecule has 78 valence electrons. The van der Waals surface area contributed by atoms with Gasteiger partial charge in [0, 0.05) is 7.05 Å². The molecule has 3 N–H and O–H groups in total. The molecule has 0 aromatic heterocycles. The second kappa shape index (κ2) is 6.91. The van der Waals surface area contributed by atoms with E-state index < -0.39 is 6.09 Å². The van der Waals surface area contributed by atoms with Crippen molar-refractivity contribution in [1.82, 2.24) is 5.32 Å². The minimum absolute atomic E-state index is 0.444. The summed E-state index contributed by atoms with van der Waals surface area (Å²) in [4.78, 5) is 10.8. The normalized spacial score (nSPS) is 8.29. The maximum absolute atomic E-state index is 10.8. The van der Waals surface area contributed by atoms with Crippen molar-refractivity contribution in [3.8, 4) is 5.75 Å². The number of nitrogens with two attached hydrogens (primary N) is 1. The van der Waals surface area contributed by atoms with Gasteiger partial charge in [-0.25, -0.2) is 4.79 Å². The molecule has 0 fully saturated rings. The minimum Gasteiger partial charge on any atom is -0.410 e. The Morgan fingerprint density at radius 3 is 2.57 bits per heavy atom. The predicted molar refractivity (Wildman–Crippen MR) is 56.4 cm³/mol. The van der Waals surface area contributed by atoms with E-state index in [9.17, 15) is 4.79 Å². The van der Waals surface area contributed by atoms with Crippen molar-refractivity contribution >= 4 is 6.09 Å². The SMILES string of the molecule is CN.CNC(=O)Oc1cccc(C)c1. The standard InChI is InChI=1S/C9H11NO2.CH5N/c1-7-4-3-5-8(6-7)12-9(11)10-2;1-2/h3-6H,1-2H3,(H,10,11);2H2,1H3. The van der Waals surface area contributed by atoms with Crippen LogP contribution in [0.2, 0.25) is 0 Å². The number of rotatable bonds is 1. The molecule has 0 heterocycles. The van der Waals surface area contributed by atoms with Gasteiger partial charge in [-0.2, -0.15) is 0 Å². The van der Waals surface area contributed by atoms with E-state index in [0.29, 0.717) is 5.75 Å². The van der Waals surface area contributed by atoms with Crippen LogP contribution in [-0.4, -0.2) is 20.2 Å². The van der Waals surface area contributed by atoms with Crippen LogP contribution in [0.3, 0.4) is 0 Å². The molecule has 0 atom stereocenters. The van der Waals surface area contributed by atoms with Gasteiger partial charge in [0.2, 0.25) is 0 Å². The summed E-state index contributed by atoms with van der Waals surface area (Å²) in [5, 5.41) is 2.37. The fourth-order valence-corrected chi connectivity index (χ4v) is 0.837. The molecule has 4 heteroatoms. The van der Waals surface area contributed by atoms with Crippen LogP contribution < -0.4 is 15.8 Å². The summed E-state index contributed by atoms with van der Waals surface area (Å²) in [7, 11) is 3.03. The van der Waals surface area contributed by atoms with Gasteiger partial charge >= 0.3 is 6.09 Å². The molecule has 0 bridgehead atoms. The summed E-state index contributed by atoms with van der Waals surface area (Å²) < 4.78 is 4.89. The fourth-order valence-electron chi connectivity index (χ4n) is 0.837. The molecule has 1 amide bonds. The molecular weight excluding hydrogens is 180 g/mol. The average molecular weight is 196 g/mol. The molecule has 1 aromatic carbocycles. The second-order valence-electron chi connectivity index (χ2n) is 2.46. The lowest BCUT2D eigenvalue weighted by atomic mass is 10.2. The number of nitrogens with one attached hydrogen (secondary N) is 1. The van der Waals surface area contributed by atoms with Gasteiger partial charge in [0.15, 0.2) is 0 Å². The van der Waals surface area contributed by atoms with Crippen molar-refractivity contribution in [2.75, 3.05) is 14.1 Å². The van der Waals surface area contributed by atoms with E-state index in [4.69, 9.17) is 4.74 Å². The third-order valence-corrected chi connectivity index (χ3v) is 1.40. The van der Waals surface area contributed by atoms with Gasteiger partial charge in [-0.05, 0) is 31.7 Å². The molecule has 0 aliphatic rings. The van der Waals surface area contributed by atoms with Gasteiger partial charge in [0.05, 0.1) is 0 Å². The van der Waals surface area contributed by atoms with Crippen molar-refractivity contribution in [2.24, 2.45) is 5.73 Å². The van der Waals surface area contributed by atoms with Gasteiger partial charge in [0.25, 0.3) is 0 Å². The molecule has 1 aromatic rings. The maximum atomic E-state index is 10.8. The largest absolute Gasteiger partial charge is 0.412 e. The van der Waals surface area contributed by atoms with Crippen molar-refractivity contribution < 1.29 is 9.53 Å². The first-order valence-corrected chi connectivity index (χ1v) is 4.26. The number of hydrogen-bond acceptors (Lipinski definition) is 3. The van der Waals surface area contributed by atoms with Crippen molar-refractivity contribution in [2.45, 2.75) is 6.92 Å². The quantitative estimate of drug-likeness (QED) is 0.711. The topological polar surface area (TPSA) is 64.3 Å². The van der Waals surface area contributed by atoms with E-state index in [2.05, 4.69) is 11.1 Å². The highest BCUT2D eigenvalue weighted by molar-refractivity contribution is 5.69. The predicted octanol–water partition coefficient (Wildman–Crippen LogP) is 1.29. The van der Waals surface area contributed by atoms with Gasteiger partial charge in [-0.15, -0.1) is 0 Å². The van der Waals surface area contributed by atoms with Gasteiger partial charge in [-0.3, -0.25) is 0 Å². The van der Waals surface area contributed by atoms with Crippen molar-refractivity contribution in [3.63, 3.8) is 0 Å². The molecular formula is C10H16N2O2. The summed E-state index contributed by atoms with van der Waals surface area (Å²) in [6, 6.07) is 7.32. The summed E-state index contributed by atoms with van der Waals surface area (Å²) >= 11 is 0. The zero-order chi connectivity index (χ0) is 11.0. The molecule has 0 radical (unpaired) electrons. The summed E-state index contributed by atoms with van der Waals surface area (Å²) in [5.74, 6) is 0.564. The Hall–Kier alpha value is -1.55. The van der Waals surface area contributed by atoms with E-state index in [1.165, 1.54) is 14.1 Å². The van der Waals surface area contributed by atoms with Crippen LogP contribution in [0, 0.1) is 6.92 Å². The van der Waals surface area contributed by atoms with E-state index >= 15 is 0 Å². The van der Waals surface area contributed by atoms with Crippen LogP contribution in [0.25, 0.3) is 0 Å². The van der Waals surface area contributed by atoms with Gasteiger partial charge < -0.3 is 15.8 Å². The monoisotopic (exact) mass is 196 g/mol. The Labute approximate surface area is 84.1 Å². The molecule has 0 unspecified atom stereocenters. The number of hydrogen-bond donors (Lipinski definition) is 2. The molecule has 4 nitrogen and oxygen atoms in total. The van der Waals surface area contributed by atoms with Crippen LogP contribution in [0.1, 0.15) is 5.56 Å². The highest BCUT2D eigenvalue weighted by Gasteiger charge is 1.99. The van der Waals surface area contributed by atoms with Crippen molar-refractivity contribution in [3.05, 3.63) is 29.8 Å². The first-order chi connectivity index (χ1) is 6.72. The molecule has 0 spiro atoms. The molecule has 0 saturated carbocycles. The number of benzene rings is 1. The Morgan fingerprint density at radius 1 is 1.43 bits per heavy atom. The first kappa shape index (κ1) is 12.4. The lowest BCUT2D eigenvalue weighted by molar-refractivity contribution is 0.203. The van der Waals surface area contributed by atoms with Crippen LogP contribution in [0.4, 0.5) is 4.79 Å². The number of ether oxygens (including phenoxy) is 1. The molecule has 0 saturated heterocycles. The molecule has 0 aliphatic carbocycles. The molecule has 0 aliphatic heterocycles. The number of aryl methyl sites for hydroxylation is 1. The molecule has 1 rings (SSSR count). The Bertz CT molecular complexity index is 287. The number of carbonyl (C=O) groups is 1. The van der Waals surface area contributed by atoms with E-state index in [0.717, 1.165) is 5.56 Å². The Balaban J connectivity index is 0.000000791. The number of carbonyl (C=O) groups excluding carboxylic acids is 1. The molecule has 14 heavy (non-hydrogen) atoms. The smallest absolute Gasteiger partial charge is 0.410 e. The van der Waals surface area contributed by atoms with Crippen molar-refractivity contribution in [1.29, 1.82) is 0 Å². The lowest BCUT2D eigenvalue weighted by Crippen LogP contribution is -2.21. The van der Waals surface area contributed by atoms with E-state index in [1.54, 1.807) is 12.1 Å². The zero-order valence-electron chi connectivity index (χ0n) is 8.70. The number of amides is 1. The van der Waals surface area contributed by atoms with E-state index in [1.807, 2.05) is 19.1 Å². The second-order valence-corrected chi connectivity index (χ2v) is 2.46. The fraction of sp³-hybridized carbons (Fsp3) is 0.300. The van der Waals surface area contributed by atoms with Gasteiger partial charge in [0.1, 0.15) is 5.75 Å². The van der Waals surface area contributed by atoms with Crippen LogP contribution >= 0.6 is 0 Å². The third-order valence-electron chi connectivity index (χ3n) is 1.40.